The zero-order valence-corrected chi connectivity index (χ0v) is 18.1. The van der Waals surface area contributed by atoms with Gasteiger partial charge in [-0.15, -0.1) is 0 Å². The molecular formula is C22H19Cl2N5O2. The second-order valence-corrected chi connectivity index (χ2v) is 7.60. The van der Waals surface area contributed by atoms with Crippen LogP contribution in [0.1, 0.15) is 23.0 Å². The number of rotatable bonds is 7. The summed E-state index contributed by atoms with van der Waals surface area (Å²) in [6.07, 6.45) is 4.22. The summed E-state index contributed by atoms with van der Waals surface area (Å²) in [6.45, 7) is 2.33. The second-order valence-electron chi connectivity index (χ2n) is 6.79. The van der Waals surface area contributed by atoms with E-state index in [1.807, 2.05) is 24.3 Å². The SMILES string of the molecule is CCc1ccc(OCn2cc(NC(=O)c3cc(-c4ccc(Cl)c(Cl)c4)n[nH]3)cn2)cc1. The van der Waals surface area contributed by atoms with E-state index in [1.165, 1.54) is 5.56 Å². The van der Waals surface area contributed by atoms with Crippen molar-refractivity contribution in [2.75, 3.05) is 5.32 Å². The predicted molar refractivity (Wildman–Crippen MR) is 121 cm³/mol. The lowest BCUT2D eigenvalue weighted by atomic mass is 10.1. The van der Waals surface area contributed by atoms with E-state index in [1.54, 1.807) is 41.3 Å². The standard InChI is InChI=1S/C22H19Cl2N5O2/c1-2-14-3-6-17(7-4-14)31-13-29-12-16(11-25-29)26-22(30)21-10-20(27-28-21)15-5-8-18(23)19(24)9-15/h3-12H,2,13H2,1H3,(H,26,30)(H,27,28). The van der Waals surface area contributed by atoms with Crippen LogP contribution in [0.3, 0.4) is 0 Å². The average Bonchev–Trinajstić information content (AvgIpc) is 3.44. The summed E-state index contributed by atoms with van der Waals surface area (Å²) >= 11 is 12.0. The molecule has 0 bridgehead atoms. The minimum atomic E-state index is -0.338. The molecule has 0 unspecified atom stereocenters. The van der Waals surface area contributed by atoms with Crippen LogP contribution in [0.15, 0.2) is 60.9 Å². The van der Waals surface area contributed by atoms with E-state index in [0.717, 1.165) is 17.7 Å². The average molecular weight is 456 g/mol. The maximum absolute atomic E-state index is 12.5. The molecule has 1 amide bonds. The first kappa shape index (κ1) is 21.0. The van der Waals surface area contributed by atoms with Crippen molar-refractivity contribution >= 4 is 34.8 Å². The molecule has 2 aromatic heterocycles. The van der Waals surface area contributed by atoms with Crippen molar-refractivity contribution in [3.63, 3.8) is 0 Å². The number of anilines is 1. The highest BCUT2D eigenvalue weighted by molar-refractivity contribution is 6.42. The molecule has 0 aliphatic heterocycles. The number of hydrogen-bond acceptors (Lipinski definition) is 4. The van der Waals surface area contributed by atoms with Gasteiger partial charge in [-0.1, -0.05) is 48.3 Å². The molecule has 7 nitrogen and oxygen atoms in total. The lowest BCUT2D eigenvalue weighted by Crippen LogP contribution is -2.12. The third-order valence-corrected chi connectivity index (χ3v) is 5.36. The highest BCUT2D eigenvalue weighted by Gasteiger charge is 2.13. The molecule has 0 atom stereocenters. The fourth-order valence-corrected chi connectivity index (χ4v) is 3.20. The van der Waals surface area contributed by atoms with Crippen molar-refractivity contribution in [3.8, 4) is 17.0 Å². The van der Waals surface area contributed by atoms with Crippen LogP contribution < -0.4 is 10.1 Å². The fraction of sp³-hybridized carbons (Fsp3) is 0.136. The molecule has 0 aliphatic rings. The number of nitrogens with one attached hydrogen (secondary N) is 2. The van der Waals surface area contributed by atoms with Gasteiger partial charge in [0.1, 0.15) is 11.4 Å². The van der Waals surface area contributed by atoms with Gasteiger partial charge >= 0.3 is 0 Å². The Kier molecular flexibility index (Phi) is 6.25. The van der Waals surface area contributed by atoms with E-state index in [2.05, 4.69) is 27.5 Å². The Morgan fingerprint density at radius 1 is 1.13 bits per heavy atom. The zero-order valence-electron chi connectivity index (χ0n) is 16.6. The van der Waals surface area contributed by atoms with Gasteiger partial charge in [-0.3, -0.25) is 9.89 Å². The summed E-state index contributed by atoms with van der Waals surface area (Å²) in [4.78, 5) is 12.5. The van der Waals surface area contributed by atoms with Crippen LogP contribution in [0.25, 0.3) is 11.3 Å². The highest BCUT2D eigenvalue weighted by Crippen LogP contribution is 2.28. The Hall–Kier alpha value is -3.29. The number of carbonyl (C=O) groups is 1. The van der Waals surface area contributed by atoms with Crippen LogP contribution in [0, 0.1) is 0 Å². The number of benzene rings is 2. The zero-order chi connectivity index (χ0) is 21.8. The van der Waals surface area contributed by atoms with Gasteiger partial charge in [-0.25, -0.2) is 4.68 Å². The van der Waals surface area contributed by atoms with Crippen molar-refractivity contribution in [1.29, 1.82) is 0 Å². The van der Waals surface area contributed by atoms with Gasteiger partial charge < -0.3 is 10.1 Å². The van der Waals surface area contributed by atoms with Crippen LogP contribution in [-0.4, -0.2) is 25.9 Å². The van der Waals surface area contributed by atoms with Crippen molar-refractivity contribution in [3.05, 3.63) is 82.2 Å². The monoisotopic (exact) mass is 455 g/mol. The van der Waals surface area contributed by atoms with Crippen molar-refractivity contribution in [2.24, 2.45) is 0 Å². The van der Waals surface area contributed by atoms with Gasteiger partial charge in [-0.2, -0.15) is 10.2 Å². The van der Waals surface area contributed by atoms with Gasteiger partial charge in [-0.05, 0) is 42.3 Å². The first-order valence-electron chi connectivity index (χ1n) is 9.58. The summed E-state index contributed by atoms with van der Waals surface area (Å²) in [7, 11) is 0. The van der Waals surface area contributed by atoms with Crippen LogP contribution in [0.2, 0.25) is 10.0 Å². The molecule has 0 saturated carbocycles. The topological polar surface area (TPSA) is 84.8 Å². The van der Waals surface area contributed by atoms with Crippen LogP contribution in [-0.2, 0) is 13.2 Å². The second kappa shape index (κ2) is 9.24. The Labute approximate surface area is 188 Å². The Morgan fingerprint density at radius 2 is 1.94 bits per heavy atom. The number of H-pyrrole nitrogens is 1. The number of nitrogens with zero attached hydrogens (tertiary/aromatic N) is 3. The first-order valence-corrected chi connectivity index (χ1v) is 10.3. The first-order chi connectivity index (χ1) is 15.0. The quantitative estimate of drug-likeness (QED) is 0.388. The Balaban J connectivity index is 1.36. The van der Waals surface area contributed by atoms with E-state index in [4.69, 9.17) is 27.9 Å². The van der Waals surface area contributed by atoms with Crippen LogP contribution in [0.4, 0.5) is 5.69 Å². The van der Waals surface area contributed by atoms with Gasteiger partial charge in [0, 0.05) is 5.56 Å². The van der Waals surface area contributed by atoms with E-state index in [0.29, 0.717) is 27.1 Å². The Morgan fingerprint density at radius 3 is 2.68 bits per heavy atom. The molecular weight excluding hydrogens is 437 g/mol. The van der Waals surface area contributed by atoms with Gasteiger partial charge in [0.2, 0.25) is 0 Å². The molecule has 0 saturated heterocycles. The maximum Gasteiger partial charge on any atom is 0.273 e. The van der Waals surface area contributed by atoms with Crippen LogP contribution >= 0.6 is 23.2 Å². The normalized spacial score (nSPS) is 10.8. The molecule has 4 rings (SSSR count). The summed E-state index contributed by atoms with van der Waals surface area (Å²) in [5, 5.41) is 14.8. The molecule has 158 valence electrons. The molecule has 31 heavy (non-hydrogen) atoms. The summed E-state index contributed by atoms with van der Waals surface area (Å²) in [5.41, 5.74) is 3.43. The number of hydrogen-bond donors (Lipinski definition) is 2. The minimum absolute atomic E-state index is 0.229. The molecule has 2 N–H and O–H groups in total. The van der Waals surface area contributed by atoms with E-state index >= 15 is 0 Å². The molecule has 9 heteroatoms. The summed E-state index contributed by atoms with van der Waals surface area (Å²) < 4.78 is 7.31. The van der Waals surface area contributed by atoms with Gasteiger partial charge in [0.25, 0.3) is 5.91 Å². The molecule has 4 aromatic rings. The number of halogens is 2. The lowest BCUT2D eigenvalue weighted by Gasteiger charge is -2.06. The molecule has 0 spiro atoms. The van der Waals surface area contributed by atoms with Gasteiger partial charge in [0.15, 0.2) is 6.73 Å². The highest BCUT2D eigenvalue weighted by atomic mass is 35.5. The molecule has 0 radical (unpaired) electrons. The smallest absolute Gasteiger partial charge is 0.273 e. The molecule has 0 fully saturated rings. The predicted octanol–water partition coefficient (Wildman–Crippen LogP) is 5.43. The summed E-state index contributed by atoms with van der Waals surface area (Å²) in [6, 6.07) is 14.7. The fourth-order valence-electron chi connectivity index (χ4n) is 2.90. The number of ether oxygens (including phenoxy) is 1. The Bertz CT molecular complexity index is 1200. The van der Waals surface area contributed by atoms with E-state index in [-0.39, 0.29) is 12.6 Å². The van der Waals surface area contributed by atoms with E-state index in [9.17, 15) is 4.79 Å². The molecule has 2 aromatic carbocycles. The van der Waals surface area contributed by atoms with Gasteiger partial charge in [0.05, 0.1) is 33.8 Å². The lowest BCUT2D eigenvalue weighted by molar-refractivity contribution is 0.102. The summed E-state index contributed by atoms with van der Waals surface area (Å²) in [5.74, 6) is 0.417. The van der Waals surface area contributed by atoms with Crippen LogP contribution in [0.5, 0.6) is 5.75 Å². The number of aryl methyl sites for hydroxylation is 1. The van der Waals surface area contributed by atoms with Crippen molar-refractivity contribution in [2.45, 2.75) is 20.1 Å². The largest absolute Gasteiger partial charge is 0.471 e. The minimum Gasteiger partial charge on any atom is -0.471 e. The number of carbonyl (C=O) groups excluding carboxylic acids is 1. The van der Waals surface area contributed by atoms with Crippen molar-refractivity contribution in [1.82, 2.24) is 20.0 Å². The van der Waals surface area contributed by atoms with E-state index < -0.39 is 0 Å². The maximum atomic E-state index is 12.5. The number of amides is 1. The van der Waals surface area contributed by atoms with Crippen molar-refractivity contribution < 1.29 is 9.53 Å². The third-order valence-electron chi connectivity index (χ3n) is 4.62. The third kappa shape index (κ3) is 5.07. The molecule has 0 aliphatic carbocycles. The number of aromatic amines is 1. The number of aromatic nitrogens is 4. The molecule has 2 heterocycles.